The van der Waals surface area contributed by atoms with Gasteiger partial charge in [0.05, 0.1) is 16.4 Å². The summed E-state index contributed by atoms with van der Waals surface area (Å²) in [5.41, 5.74) is 5.06. The van der Waals surface area contributed by atoms with Gasteiger partial charge in [-0.15, -0.1) is 11.3 Å². The Bertz CT molecular complexity index is 502. The van der Waals surface area contributed by atoms with E-state index in [1.807, 2.05) is 6.92 Å². The molecule has 0 aliphatic carbocycles. The van der Waals surface area contributed by atoms with Gasteiger partial charge >= 0.3 is 0 Å². The first-order chi connectivity index (χ1) is 9.43. The monoisotopic (exact) mass is 315 g/mol. The zero-order chi connectivity index (χ0) is 15.1. The van der Waals surface area contributed by atoms with Crippen molar-refractivity contribution in [3.05, 3.63) is 21.9 Å². The molecule has 0 saturated carbocycles. The molecular weight excluding hydrogens is 298 g/mol. The van der Waals surface area contributed by atoms with E-state index in [4.69, 9.17) is 17.0 Å². The van der Waals surface area contributed by atoms with Gasteiger partial charge in [-0.25, -0.2) is 0 Å². The zero-order valence-electron chi connectivity index (χ0n) is 11.5. The van der Waals surface area contributed by atoms with E-state index in [2.05, 4.69) is 16.2 Å². The van der Waals surface area contributed by atoms with Crippen molar-refractivity contribution >= 4 is 40.4 Å². The summed E-state index contributed by atoms with van der Waals surface area (Å²) in [5, 5.41) is 3.24. The van der Waals surface area contributed by atoms with Crippen molar-refractivity contribution in [3.63, 3.8) is 0 Å². The van der Waals surface area contributed by atoms with Crippen molar-refractivity contribution < 1.29 is 14.3 Å². The van der Waals surface area contributed by atoms with E-state index in [9.17, 15) is 9.59 Å². The Balaban J connectivity index is 2.42. The lowest BCUT2D eigenvalue weighted by atomic mass is 10.3. The molecule has 1 rings (SSSR count). The number of Topliss-reactive ketones (excluding diaryl/α,β-unsaturated/α-hetero) is 1. The Morgan fingerprint density at radius 2 is 2.00 bits per heavy atom. The van der Waals surface area contributed by atoms with Gasteiger partial charge in [-0.05, 0) is 38.2 Å². The van der Waals surface area contributed by atoms with Gasteiger partial charge in [0.2, 0.25) is 0 Å². The van der Waals surface area contributed by atoms with Crippen LogP contribution in [0.4, 0.5) is 0 Å². The molecule has 3 N–H and O–H groups in total. The minimum absolute atomic E-state index is 0.0305. The Labute approximate surface area is 126 Å². The summed E-state index contributed by atoms with van der Waals surface area (Å²) in [7, 11) is 1.60. The summed E-state index contributed by atoms with van der Waals surface area (Å²) in [6.07, 6.45) is 0. The van der Waals surface area contributed by atoms with Gasteiger partial charge in [-0.2, -0.15) is 0 Å². The SMILES string of the molecule is COC[C@H](C)NC(=S)NNC(=O)c1ccc(C(C)=O)s1. The Kier molecular flexibility index (Phi) is 6.56. The van der Waals surface area contributed by atoms with E-state index < -0.39 is 0 Å². The van der Waals surface area contributed by atoms with Crippen LogP contribution in [0.25, 0.3) is 0 Å². The molecule has 1 aromatic heterocycles. The molecule has 0 spiro atoms. The van der Waals surface area contributed by atoms with Gasteiger partial charge in [0.1, 0.15) is 0 Å². The molecule has 0 aromatic carbocycles. The highest BCUT2D eigenvalue weighted by Crippen LogP contribution is 2.16. The zero-order valence-corrected chi connectivity index (χ0v) is 13.1. The highest BCUT2D eigenvalue weighted by atomic mass is 32.1. The van der Waals surface area contributed by atoms with Crippen molar-refractivity contribution in [1.82, 2.24) is 16.2 Å². The molecule has 0 aliphatic rings. The molecule has 20 heavy (non-hydrogen) atoms. The van der Waals surface area contributed by atoms with Crippen LogP contribution in [0.5, 0.6) is 0 Å². The van der Waals surface area contributed by atoms with Crippen LogP contribution in [0.15, 0.2) is 12.1 Å². The maximum absolute atomic E-state index is 11.8. The molecule has 1 heterocycles. The first-order valence-electron chi connectivity index (χ1n) is 5.90. The lowest BCUT2D eigenvalue weighted by Crippen LogP contribution is -2.49. The Morgan fingerprint density at radius 1 is 1.35 bits per heavy atom. The number of ether oxygens (including phenoxy) is 1. The number of thiophene rings is 1. The lowest BCUT2D eigenvalue weighted by Gasteiger charge is -2.16. The first kappa shape index (κ1) is 16.5. The van der Waals surface area contributed by atoms with Gasteiger partial charge < -0.3 is 10.1 Å². The van der Waals surface area contributed by atoms with E-state index in [1.54, 1.807) is 19.2 Å². The molecular formula is C12H17N3O3S2. The molecule has 1 atom stereocenters. The number of amides is 1. The van der Waals surface area contributed by atoms with Crippen LogP contribution in [-0.2, 0) is 4.74 Å². The summed E-state index contributed by atoms with van der Waals surface area (Å²) in [6.45, 7) is 3.86. The fourth-order valence-electron chi connectivity index (χ4n) is 1.38. The van der Waals surface area contributed by atoms with Crippen LogP contribution < -0.4 is 16.2 Å². The topological polar surface area (TPSA) is 79.5 Å². The summed E-state index contributed by atoms with van der Waals surface area (Å²) < 4.78 is 4.96. The average molecular weight is 315 g/mol. The number of rotatable bonds is 5. The van der Waals surface area contributed by atoms with Crippen LogP contribution in [0.3, 0.4) is 0 Å². The molecule has 0 saturated heterocycles. The van der Waals surface area contributed by atoms with Crippen LogP contribution in [-0.4, -0.2) is 36.6 Å². The minimum atomic E-state index is -0.342. The summed E-state index contributed by atoms with van der Waals surface area (Å²) in [4.78, 5) is 23.9. The second kappa shape index (κ2) is 7.93. The summed E-state index contributed by atoms with van der Waals surface area (Å²) in [5.74, 6) is -0.404. The summed E-state index contributed by atoms with van der Waals surface area (Å²) in [6, 6.07) is 3.25. The van der Waals surface area contributed by atoms with Crippen molar-refractivity contribution in [3.8, 4) is 0 Å². The van der Waals surface area contributed by atoms with E-state index in [-0.39, 0.29) is 17.7 Å². The number of methoxy groups -OCH3 is 1. The lowest BCUT2D eigenvalue weighted by molar-refractivity contribution is 0.0947. The smallest absolute Gasteiger partial charge is 0.279 e. The number of ketones is 1. The van der Waals surface area contributed by atoms with Crippen LogP contribution >= 0.6 is 23.6 Å². The predicted molar refractivity (Wildman–Crippen MR) is 82.0 cm³/mol. The van der Waals surface area contributed by atoms with Crippen LogP contribution in [0, 0.1) is 0 Å². The number of nitrogens with one attached hydrogen (secondary N) is 3. The van der Waals surface area contributed by atoms with E-state index in [0.717, 1.165) is 11.3 Å². The van der Waals surface area contributed by atoms with Gasteiger partial charge in [-0.1, -0.05) is 0 Å². The first-order valence-corrected chi connectivity index (χ1v) is 7.13. The molecule has 110 valence electrons. The fourth-order valence-corrected chi connectivity index (χ4v) is 2.42. The highest BCUT2D eigenvalue weighted by Gasteiger charge is 2.11. The molecule has 8 heteroatoms. The number of hydrogen-bond acceptors (Lipinski definition) is 5. The predicted octanol–water partition coefficient (Wildman–Crippen LogP) is 1.09. The third kappa shape index (κ3) is 5.24. The largest absolute Gasteiger partial charge is 0.383 e. The van der Waals surface area contributed by atoms with E-state index in [1.165, 1.54) is 6.92 Å². The normalized spacial score (nSPS) is 11.6. The van der Waals surface area contributed by atoms with Crippen LogP contribution in [0.1, 0.15) is 33.2 Å². The van der Waals surface area contributed by atoms with Gasteiger partial charge in [0, 0.05) is 13.2 Å². The number of hydrogen-bond donors (Lipinski definition) is 3. The third-order valence-corrected chi connectivity index (χ3v) is 3.67. The molecule has 1 amide bonds. The standard InChI is InChI=1S/C12H17N3O3S2/c1-7(6-18-3)13-12(19)15-14-11(17)10-5-4-9(20-10)8(2)16/h4-5,7H,6H2,1-3H3,(H,14,17)(H2,13,15,19)/t7-/m0/s1. The maximum atomic E-state index is 11.8. The Hall–Kier alpha value is -1.51. The van der Waals surface area contributed by atoms with Crippen molar-refractivity contribution in [1.29, 1.82) is 0 Å². The average Bonchev–Trinajstić information content (AvgIpc) is 2.86. The van der Waals surface area contributed by atoms with Crippen molar-refractivity contribution in [2.75, 3.05) is 13.7 Å². The van der Waals surface area contributed by atoms with Gasteiger partial charge in [0.25, 0.3) is 5.91 Å². The number of carbonyl (C=O) groups is 2. The molecule has 0 unspecified atom stereocenters. The Morgan fingerprint density at radius 3 is 2.55 bits per heavy atom. The second-order valence-corrected chi connectivity index (χ2v) is 5.62. The van der Waals surface area contributed by atoms with Crippen molar-refractivity contribution in [2.24, 2.45) is 0 Å². The summed E-state index contributed by atoms with van der Waals surface area (Å²) >= 11 is 6.15. The molecule has 0 radical (unpaired) electrons. The fraction of sp³-hybridized carbons (Fsp3) is 0.417. The van der Waals surface area contributed by atoms with Gasteiger partial charge in [-0.3, -0.25) is 20.4 Å². The van der Waals surface area contributed by atoms with Crippen LogP contribution in [0.2, 0.25) is 0 Å². The van der Waals surface area contributed by atoms with E-state index in [0.29, 0.717) is 21.5 Å². The molecule has 6 nitrogen and oxygen atoms in total. The van der Waals surface area contributed by atoms with E-state index >= 15 is 0 Å². The molecule has 0 fully saturated rings. The number of thiocarbonyl (C=S) groups is 1. The molecule has 0 bridgehead atoms. The molecule has 1 aromatic rings. The third-order valence-electron chi connectivity index (χ3n) is 2.26. The van der Waals surface area contributed by atoms with Crippen molar-refractivity contribution in [2.45, 2.75) is 19.9 Å². The number of carbonyl (C=O) groups excluding carboxylic acids is 2. The maximum Gasteiger partial charge on any atom is 0.279 e. The number of hydrazine groups is 1. The minimum Gasteiger partial charge on any atom is -0.383 e. The molecule has 0 aliphatic heterocycles. The highest BCUT2D eigenvalue weighted by molar-refractivity contribution is 7.80. The quantitative estimate of drug-likeness (QED) is 0.429. The van der Waals surface area contributed by atoms with Gasteiger partial charge in [0.15, 0.2) is 10.9 Å². The second-order valence-electron chi connectivity index (χ2n) is 4.13.